The van der Waals surface area contributed by atoms with Gasteiger partial charge in [-0.05, 0) is 24.6 Å². The van der Waals surface area contributed by atoms with E-state index < -0.39 is 21.5 Å². The number of benzene rings is 1. The van der Waals surface area contributed by atoms with Crippen LogP contribution in [0.1, 0.15) is 26.2 Å². The highest BCUT2D eigenvalue weighted by Crippen LogP contribution is 2.25. The van der Waals surface area contributed by atoms with Crippen molar-refractivity contribution >= 4 is 44.6 Å². The molecule has 0 aromatic heterocycles. The van der Waals surface area contributed by atoms with Crippen LogP contribution in [0.25, 0.3) is 0 Å². The third-order valence-corrected chi connectivity index (χ3v) is 4.79. The zero-order chi connectivity index (χ0) is 15.2. The summed E-state index contributed by atoms with van der Waals surface area (Å²) in [5.41, 5.74) is 0.313. The number of carbonyl (C=O) groups excluding carboxylic acids is 1. The number of rotatable bonds is 7. The van der Waals surface area contributed by atoms with Gasteiger partial charge in [0.2, 0.25) is 5.91 Å². The van der Waals surface area contributed by atoms with E-state index in [0.717, 1.165) is 12.8 Å². The van der Waals surface area contributed by atoms with Crippen LogP contribution in [0.5, 0.6) is 0 Å². The molecule has 0 bridgehead atoms. The highest BCUT2D eigenvalue weighted by molar-refractivity contribution is 7.92. The van der Waals surface area contributed by atoms with Gasteiger partial charge in [0.25, 0.3) is 0 Å². The van der Waals surface area contributed by atoms with Crippen LogP contribution < -0.4 is 5.32 Å². The molecule has 4 nitrogen and oxygen atoms in total. The SMILES string of the molecule is CCCCCS(=O)(=O)CC(=O)Nc1cc(Cl)ccc1Cl. The Bertz CT molecular complexity index is 573. The van der Waals surface area contributed by atoms with Crippen LogP contribution in [-0.2, 0) is 14.6 Å². The lowest BCUT2D eigenvalue weighted by atomic mass is 10.3. The molecule has 1 aromatic carbocycles. The summed E-state index contributed by atoms with van der Waals surface area (Å²) >= 11 is 11.7. The second-order valence-electron chi connectivity index (χ2n) is 4.47. The Hall–Kier alpha value is -0.780. The fraction of sp³-hybridized carbons (Fsp3) is 0.462. The molecule has 0 saturated carbocycles. The van der Waals surface area contributed by atoms with Crippen LogP contribution in [0.2, 0.25) is 10.0 Å². The van der Waals surface area contributed by atoms with Crippen molar-refractivity contribution in [1.29, 1.82) is 0 Å². The van der Waals surface area contributed by atoms with Crippen molar-refractivity contribution in [2.45, 2.75) is 26.2 Å². The van der Waals surface area contributed by atoms with Gasteiger partial charge in [0.1, 0.15) is 5.75 Å². The van der Waals surface area contributed by atoms with Crippen molar-refractivity contribution < 1.29 is 13.2 Å². The molecule has 20 heavy (non-hydrogen) atoms. The molecular formula is C13H17Cl2NO3S. The molecule has 7 heteroatoms. The van der Waals surface area contributed by atoms with Gasteiger partial charge in [-0.1, -0.05) is 43.0 Å². The number of sulfone groups is 1. The summed E-state index contributed by atoms with van der Waals surface area (Å²) < 4.78 is 23.5. The van der Waals surface area contributed by atoms with Gasteiger partial charge in [-0.15, -0.1) is 0 Å². The van der Waals surface area contributed by atoms with Crippen LogP contribution in [0.15, 0.2) is 18.2 Å². The lowest BCUT2D eigenvalue weighted by Gasteiger charge is -2.08. The Labute approximate surface area is 129 Å². The molecule has 0 aliphatic heterocycles. The molecule has 0 atom stereocenters. The summed E-state index contributed by atoms with van der Waals surface area (Å²) in [6.45, 7) is 1.99. The Balaban J connectivity index is 2.61. The molecule has 0 saturated heterocycles. The third-order valence-electron chi connectivity index (χ3n) is 2.61. The molecule has 1 N–H and O–H groups in total. The van der Waals surface area contributed by atoms with Crippen molar-refractivity contribution in [3.63, 3.8) is 0 Å². The minimum Gasteiger partial charge on any atom is -0.324 e. The van der Waals surface area contributed by atoms with E-state index in [2.05, 4.69) is 5.32 Å². The zero-order valence-electron chi connectivity index (χ0n) is 11.2. The fourth-order valence-corrected chi connectivity index (χ4v) is 3.22. The normalized spacial score (nSPS) is 11.3. The first-order valence-corrected chi connectivity index (χ1v) is 8.87. The molecule has 0 fully saturated rings. The molecule has 0 spiro atoms. The first kappa shape index (κ1) is 17.3. The second kappa shape index (κ2) is 7.86. The van der Waals surface area contributed by atoms with Gasteiger partial charge < -0.3 is 5.32 Å². The number of amides is 1. The molecular weight excluding hydrogens is 321 g/mol. The number of hydrogen-bond donors (Lipinski definition) is 1. The summed E-state index contributed by atoms with van der Waals surface area (Å²) in [5, 5.41) is 3.19. The van der Waals surface area contributed by atoms with Gasteiger partial charge >= 0.3 is 0 Å². The second-order valence-corrected chi connectivity index (χ2v) is 7.50. The van der Waals surface area contributed by atoms with Crippen molar-refractivity contribution in [2.24, 2.45) is 0 Å². The number of halogens is 2. The molecule has 0 aliphatic rings. The molecule has 1 amide bonds. The van der Waals surface area contributed by atoms with Gasteiger partial charge in [-0.3, -0.25) is 4.79 Å². The number of anilines is 1. The Morgan fingerprint density at radius 2 is 1.95 bits per heavy atom. The van der Waals surface area contributed by atoms with Crippen molar-refractivity contribution in [3.05, 3.63) is 28.2 Å². The monoisotopic (exact) mass is 337 g/mol. The molecule has 0 radical (unpaired) electrons. The molecule has 1 aromatic rings. The molecule has 112 valence electrons. The quantitative estimate of drug-likeness (QED) is 0.774. The van der Waals surface area contributed by atoms with Crippen LogP contribution in [0.3, 0.4) is 0 Å². The average Bonchev–Trinajstić information content (AvgIpc) is 2.33. The van der Waals surface area contributed by atoms with Crippen molar-refractivity contribution in [3.8, 4) is 0 Å². The Morgan fingerprint density at radius 1 is 1.25 bits per heavy atom. The van der Waals surface area contributed by atoms with Gasteiger partial charge in [-0.2, -0.15) is 0 Å². The molecule has 0 unspecified atom stereocenters. The van der Waals surface area contributed by atoms with E-state index in [9.17, 15) is 13.2 Å². The first-order valence-electron chi connectivity index (χ1n) is 6.29. The maximum Gasteiger partial charge on any atom is 0.239 e. The topological polar surface area (TPSA) is 63.2 Å². The van der Waals surface area contributed by atoms with Gasteiger partial charge in [0, 0.05) is 5.02 Å². The summed E-state index contributed by atoms with van der Waals surface area (Å²) in [4.78, 5) is 11.7. The van der Waals surface area contributed by atoms with Gasteiger partial charge in [-0.25, -0.2) is 8.42 Å². The van der Waals surface area contributed by atoms with Crippen LogP contribution in [-0.4, -0.2) is 25.8 Å². The maximum absolute atomic E-state index is 11.7. The lowest BCUT2D eigenvalue weighted by Crippen LogP contribution is -2.24. The van der Waals surface area contributed by atoms with Crippen LogP contribution in [0.4, 0.5) is 5.69 Å². The molecule has 1 rings (SSSR count). The van der Waals surface area contributed by atoms with Crippen LogP contribution >= 0.6 is 23.2 Å². The smallest absolute Gasteiger partial charge is 0.239 e. The van der Waals surface area contributed by atoms with Crippen molar-refractivity contribution in [2.75, 3.05) is 16.8 Å². The minimum absolute atomic E-state index is 0.0253. The fourth-order valence-electron chi connectivity index (χ4n) is 1.62. The molecule has 0 heterocycles. The number of hydrogen-bond acceptors (Lipinski definition) is 3. The van der Waals surface area contributed by atoms with Gasteiger partial charge in [0.05, 0.1) is 16.5 Å². The van der Waals surface area contributed by atoms with E-state index in [1.807, 2.05) is 6.92 Å². The van der Waals surface area contributed by atoms with Crippen molar-refractivity contribution in [1.82, 2.24) is 0 Å². The van der Waals surface area contributed by atoms with E-state index in [0.29, 0.717) is 22.2 Å². The average molecular weight is 338 g/mol. The highest BCUT2D eigenvalue weighted by atomic mass is 35.5. The van der Waals surface area contributed by atoms with Gasteiger partial charge in [0.15, 0.2) is 9.84 Å². The summed E-state index contributed by atoms with van der Waals surface area (Å²) in [5.74, 6) is -1.12. The molecule has 0 aliphatic carbocycles. The number of carbonyl (C=O) groups is 1. The summed E-state index contributed by atoms with van der Waals surface area (Å²) in [6.07, 6.45) is 2.34. The van der Waals surface area contributed by atoms with E-state index in [-0.39, 0.29) is 5.75 Å². The van der Waals surface area contributed by atoms with E-state index in [4.69, 9.17) is 23.2 Å². The van der Waals surface area contributed by atoms with E-state index >= 15 is 0 Å². The summed E-state index contributed by atoms with van der Waals surface area (Å²) in [6, 6.07) is 4.60. The Morgan fingerprint density at radius 3 is 2.60 bits per heavy atom. The van der Waals surface area contributed by atoms with E-state index in [1.54, 1.807) is 6.07 Å². The van der Waals surface area contributed by atoms with E-state index in [1.165, 1.54) is 12.1 Å². The standard InChI is InChI=1S/C13H17Cl2NO3S/c1-2-3-4-7-20(18,19)9-13(17)16-12-8-10(14)5-6-11(12)15/h5-6,8H,2-4,7,9H2,1H3,(H,16,17). The minimum atomic E-state index is -3.38. The predicted octanol–water partition coefficient (Wildman–Crippen LogP) is 3.54. The Kier molecular flexibility index (Phi) is 6.79. The zero-order valence-corrected chi connectivity index (χ0v) is 13.5. The largest absolute Gasteiger partial charge is 0.324 e. The number of unbranched alkanes of at least 4 members (excludes halogenated alkanes) is 2. The summed E-state index contributed by atoms with van der Waals surface area (Å²) in [7, 11) is -3.38. The predicted molar refractivity (Wildman–Crippen MR) is 83.3 cm³/mol. The van der Waals surface area contributed by atoms with Crippen LogP contribution in [0, 0.1) is 0 Å². The number of nitrogens with one attached hydrogen (secondary N) is 1. The first-order chi connectivity index (χ1) is 9.34. The lowest BCUT2D eigenvalue weighted by molar-refractivity contribution is -0.113. The third kappa shape index (κ3) is 6.11. The highest BCUT2D eigenvalue weighted by Gasteiger charge is 2.17. The maximum atomic E-state index is 11.7.